The molecule has 0 aliphatic heterocycles. The molecule has 0 saturated heterocycles. The molecule has 1 heterocycles. The first-order chi connectivity index (χ1) is 7.18. The summed E-state index contributed by atoms with van der Waals surface area (Å²) in [6.45, 7) is 9.00. The molecule has 1 rings (SSSR count). The Morgan fingerprint density at radius 3 is 2.73 bits per heavy atom. The van der Waals surface area contributed by atoms with E-state index in [1.54, 1.807) is 0 Å². The van der Waals surface area contributed by atoms with Crippen molar-refractivity contribution in [2.75, 3.05) is 13.2 Å². The number of aromatic amines is 1. The molecule has 0 saturated carbocycles. The lowest BCUT2D eigenvalue weighted by Crippen LogP contribution is -2.30. The predicted molar refractivity (Wildman–Crippen MR) is 62.8 cm³/mol. The fourth-order valence-corrected chi connectivity index (χ4v) is 1.30. The average Bonchev–Trinajstić information content (AvgIpc) is 2.66. The second-order valence-electron chi connectivity index (χ2n) is 4.43. The van der Waals surface area contributed by atoms with Crippen molar-refractivity contribution in [1.82, 2.24) is 10.3 Å². The maximum absolute atomic E-state index is 5.56. The zero-order valence-electron chi connectivity index (χ0n) is 9.92. The highest BCUT2D eigenvalue weighted by Crippen LogP contribution is 1.97. The monoisotopic (exact) mass is 210 g/mol. The number of nitrogens with one attached hydrogen (secondary N) is 2. The minimum Gasteiger partial charge on any atom is -0.380 e. The Morgan fingerprint density at radius 1 is 1.33 bits per heavy atom. The highest BCUT2D eigenvalue weighted by atomic mass is 16.5. The van der Waals surface area contributed by atoms with E-state index in [9.17, 15) is 0 Å². The van der Waals surface area contributed by atoms with Crippen LogP contribution in [0.5, 0.6) is 0 Å². The molecule has 0 aromatic carbocycles. The minimum atomic E-state index is 0.402. The number of ether oxygens (including phenoxy) is 1. The normalized spacial score (nSPS) is 13.3. The number of hydrogen-bond acceptors (Lipinski definition) is 2. The molecule has 3 heteroatoms. The number of H-pyrrole nitrogens is 1. The second-order valence-corrected chi connectivity index (χ2v) is 4.43. The molecule has 1 aromatic heterocycles. The van der Waals surface area contributed by atoms with Crippen LogP contribution in [0.15, 0.2) is 18.5 Å². The van der Waals surface area contributed by atoms with Crippen molar-refractivity contribution in [2.45, 2.75) is 33.4 Å². The van der Waals surface area contributed by atoms with Crippen molar-refractivity contribution in [1.29, 1.82) is 0 Å². The standard InChI is InChI=1S/C12H22N2O/c1-10(2)8-15-9-11(3)14-7-12-4-5-13-6-12/h4-6,10-11,13-14H,7-9H2,1-3H3. The Labute approximate surface area is 92.2 Å². The molecule has 0 spiro atoms. The SMILES string of the molecule is CC(C)COCC(C)NCc1cc[nH]c1. The minimum absolute atomic E-state index is 0.402. The molecule has 2 N–H and O–H groups in total. The summed E-state index contributed by atoms with van der Waals surface area (Å²) in [6, 6.07) is 2.48. The van der Waals surface area contributed by atoms with Crippen molar-refractivity contribution in [3.05, 3.63) is 24.0 Å². The van der Waals surface area contributed by atoms with Gasteiger partial charge in [-0.2, -0.15) is 0 Å². The van der Waals surface area contributed by atoms with Gasteiger partial charge in [0.25, 0.3) is 0 Å². The first-order valence-electron chi connectivity index (χ1n) is 5.61. The smallest absolute Gasteiger partial charge is 0.0617 e. The lowest BCUT2D eigenvalue weighted by molar-refractivity contribution is 0.0935. The van der Waals surface area contributed by atoms with E-state index in [-0.39, 0.29) is 0 Å². The van der Waals surface area contributed by atoms with Crippen molar-refractivity contribution >= 4 is 0 Å². The van der Waals surface area contributed by atoms with Crippen LogP contribution in [0, 0.1) is 5.92 Å². The number of hydrogen-bond donors (Lipinski definition) is 2. The Balaban J connectivity index is 2.06. The molecule has 86 valence electrons. The maximum atomic E-state index is 5.56. The van der Waals surface area contributed by atoms with E-state index < -0.39 is 0 Å². The molecule has 0 bridgehead atoms. The van der Waals surface area contributed by atoms with Gasteiger partial charge in [-0.05, 0) is 24.5 Å². The van der Waals surface area contributed by atoms with E-state index in [0.717, 1.165) is 19.8 Å². The van der Waals surface area contributed by atoms with Crippen molar-refractivity contribution in [3.63, 3.8) is 0 Å². The van der Waals surface area contributed by atoms with Gasteiger partial charge in [-0.25, -0.2) is 0 Å². The molecule has 15 heavy (non-hydrogen) atoms. The van der Waals surface area contributed by atoms with E-state index >= 15 is 0 Å². The third-order valence-electron chi connectivity index (χ3n) is 2.14. The predicted octanol–water partition coefficient (Wildman–Crippen LogP) is 2.17. The molecule has 1 aromatic rings. The van der Waals surface area contributed by atoms with Crippen molar-refractivity contribution in [2.24, 2.45) is 5.92 Å². The summed E-state index contributed by atoms with van der Waals surface area (Å²) in [5.41, 5.74) is 1.28. The maximum Gasteiger partial charge on any atom is 0.0617 e. The fraction of sp³-hybridized carbons (Fsp3) is 0.667. The van der Waals surface area contributed by atoms with Gasteiger partial charge in [0.2, 0.25) is 0 Å². The molecule has 1 atom stereocenters. The Kier molecular flexibility index (Phi) is 5.43. The quantitative estimate of drug-likeness (QED) is 0.723. The summed E-state index contributed by atoms with van der Waals surface area (Å²) in [7, 11) is 0. The van der Waals surface area contributed by atoms with Crippen LogP contribution in [0.2, 0.25) is 0 Å². The molecule has 0 fully saturated rings. The summed E-state index contributed by atoms with van der Waals surface area (Å²) < 4.78 is 5.56. The van der Waals surface area contributed by atoms with Crippen LogP contribution in [0.3, 0.4) is 0 Å². The van der Waals surface area contributed by atoms with Crippen LogP contribution in [-0.2, 0) is 11.3 Å². The van der Waals surface area contributed by atoms with Crippen LogP contribution in [-0.4, -0.2) is 24.2 Å². The van der Waals surface area contributed by atoms with E-state index in [4.69, 9.17) is 4.74 Å². The Morgan fingerprint density at radius 2 is 2.13 bits per heavy atom. The van der Waals surface area contributed by atoms with Crippen LogP contribution in [0.1, 0.15) is 26.3 Å². The highest BCUT2D eigenvalue weighted by molar-refractivity contribution is 5.07. The van der Waals surface area contributed by atoms with Crippen molar-refractivity contribution < 1.29 is 4.74 Å². The second kappa shape index (κ2) is 6.64. The first kappa shape index (κ1) is 12.3. The van der Waals surface area contributed by atoms with E-state index in [0.29, 0.717) is 12.0 Å². The number of rotatable bonds is 7. The van der Waals surface area contributed by atoms with E-state index in [1.165, 1.54) is 5.56 Å². The van der Waals surface area contributed by atoms with Gasteiger partial charge in [0, 0.05) is 31.6 Å². The zero-order chi connectivity index (χ0) is 11.1. The third kappa shape index (κ3) is 5.60. The summed E-state index contributed by atoms with van der Waals surface area (Å²) in [6.07, 6.45) is 3.95. The van der Waals surface area contributed by atoms with Crippen LogP contribution >= 0.6 is 0 Å². The van der Waals surface area contributed by atoms with Crippen LogP contribution in [0.4, 0.5) is 0 Å². The van der Waals surface area contributed by atoms with Gasteiger partial charge in [-0.3, -0.25) is 0 Å². The van der Waals surface area contributed by atoms with Crippen LogP contribution < -0.4 is 5.32 Å². The Bertz CT molecular complexity index is 244. The molecule has 1 unspecified atom stereocenters. The molecule has 3 nitrogen and oxygen atoms in total. The summed E-state index contributed by atoms with van der Waals surface area (Å²) >= 11 is 0. The number of aromatic nitrogens is 1. The van der Waals surface area contributed by atoms with Gasteiger partial charge in [-0.15, -0.1) is 0 Å². The van der Waals surface area contributed by atoms with Gasteiger partial charge in [-0.1, -0.05) is 13.8 Å². The Hall–Kier alpha value is -0.800. The first-order valence-corrected chi connectivity index (χ1v) is 5.61. The molecule has 0 aliphatic rings. The zero-order valence-corrected chi connectivity index (χ0v) is 9.92. The van der Waals surface area contributed by atoms with Crippen LogP contribution in [0.25, 0.3) is 0 Å². The largest absolute Gasteiger partial charge is 0.380 e. The third-order valence-corrected chi connectivity index (χ3v) is 2.14. The van der Waals surface area contributed by atoms with Gasteiger partial charge in [0.05, 0.1) is 6.61 Å². The molecular weight excluding hydrogens is 188 g/mol. The topological polar surface area (TPSA) is 37.0 Å². The lowest BCUT2D eigenvalue weighted by atomic mass is 10.2. The molecule has 0 radical (unpaired) electrons. The summed E-state index contributed by atoms with van der Waals surface area (Å²) in [5, 5.41) is 3.41. The van der Waals surface area contributed by atoms with Crippen molar-refractivity contribution in [3.8, 4) is 0 Å². The molecular formula is C12H22N2O. The summed E-state index contributed by atoms with van der Waals surface area (Å²) in [4.78, 5) is 3.04. The average molecular weight is 210 g/mol. The molecule has 0 aliphatic carbocycles. The fourth-order valence-electron chi connectivity index (χ4n) is 1.30. The summed E-state index contributed by atoms with van der Waals surface area (Å²) in [5.74, 6) is 0.613. The molecule has 0 amide bonds. The lowest BCUT2D eigenvalue weighted by Gasteiger charge is -2.14. The van der Waals surface area contributed by atoms with E-state index in [1.807, 2.05) is 12.4 Å². The van der Waals surface area contributed by atoms with Gasteiger partial charge in [0.15, 0.2) is 0 Å². The van der Waals surface area contributed by atoms with Gasteiger partial charge >= 0.3 is 0 Å². The van der Waals surface area contributed by atoms with Gasteiger partial charge < -0.3 is 15.0 Å². The van der Waals surface area contributed by atoms with Gasteiger partial charge in [0.1, 0.15) is 0 Å². The van der Waals surface area contributed by atoms with E-state index in [2.05, 4.69) is 37.1 Å². The highest BCUT2D eigenvalue weighted by Gasteiger charge is 2.02.